The summed E-state index contributed by atoms with van der Waals surface area (Å²) in [7, 11) is 0. The van der Waals surface area contributed by atoms with Gasteiger partial charge < -0.3 is 5.73 Å². The number of nitriles is 1. The van der Waals surface area contributed by atoms with Gasteiger partial charge in [-0.3, -0.25) is 0 Å². The number of anilines is 1. The Morgan fingerprint density at radius 3 is 2.55 bits per heavy atom. The molecule has 0 aliphatic heterocycles. The Balaban J connectivity index is 2.19. The summed E-state index contributed by atoms with van der Waals surface area (Å²) < 4.78 is 12.9. The highest BCUT2D eigenvalue weighted by atomic mass is 32.2. The van der Waals surface area contributed by atoms with E-state index < -0.39 is 0 Å². The predicted octanol–water partition coefficient (Wildman–Crippen LogP) is 3.56. The summed E-state index contributed by atoms with van der Waals surface area (Å²) in [4.78, 5) is 8.63. The average Bonchev–Trinajstić information content (AvgIpc) is 2.46. The van der Waals surface area contributed by atoms with Crippen molar-refractivity contribution in [2.75, 3.05) is 5.73 Å². The summed E-state index contributed by atoms with van der Waals surface area (Å²) in [5.74, 6) is 0.949. The van der Waals surface area contributed by atoms with E-state index in [1.165, 1.54) is 23.9 Å². The number of thioether (sulfide) groups is 1. The van der Waals surface area contributed by atoms with E-state index in [1.807, 2.05) is 0 Å². The zero-order valence-corrected chi connectivity index (χ0v) is 13.3. The first-order chi connectivity index (χ1) is 10.5. The lowest BCUT2D eigenvalue weighted by atomic mass is 10.0. The molecule has 0 bridgehead atoms. The van der Waals surface area contributed by atoms with Crippen molar-refractivity contribution < 1.29 is 4.39 Å². The Hall–Kier alpha value is -2.13. The Morgan fingerprint density at radius 2 is 1.95 bits per heavy atom. The molecule has 0 saturated heterocycles. The molecular weight excluding hydrogens is 299 g/mol. The number of nitrogens with two attached hydrogens (primary N) is 1. The summed E-state index contributed by atoms with van der Waals surface area (Å²) >= 11 is 1.42. The fourth-order valence-corrected chi connectivity index (χ4v) is 2.78. The summed E-state index contributed by atoms with van der Waals surface area (Å²) in [5, 5.41) is 9.72. The van der Waals surface area contributed by atoms with Crippen molar-refractivity contribution in [1.29, 1.82) is 5.26 Å². The fraction of sp³-hybridized carbons (Fsp3) is 0.312. The Labute approximate surface area is 133 Å². The summed E-state index contributed by atoms with van der Waals surface area (Å²) in [6.45, 7) is 4.12. The van der Waals surface area contributed by atoms with Crippen LogP contribution < -0.4 is 5.73 Å². The molecule has 0 spiro atoms. The zero-order chi connectivity index (χ0) is 16.1. The van der Waals surface area contributed by atoms with E-state index in [-0.39, 0.29) is 11.6 Å². The summed E-state index contributed by atoms with van der Waals surface area (Å²) in [6, 6.07) is 8.38. The lowest BCUT2D eigenvalue weighted by Crippen LogP contribution is -2.07. The average molecular weight is 316 g/mol. The van der Waals surface area contributed by atoms with Gasteiger partial charge in [0, 0.05) is 5.75 Å². The normalized spacial score (nSPS) is 10.7. The third-order valence-corrected chi connectivity index (χ3v) is 3.90. The molecule has 0 atom stereocenters. The molecule has 1 heterocycles. The molecule has 2 aromatic rings. The first-order valence-corrected chi connectivity index (χ1v) is 7.92. The number of rotatable bonds is 5. The van der Waals surface area contributed by atoms with Gasteiger partial charge in [0.25, 0.3) is 0 Å². The van der Waals surface area contributed by atoms with Gasteiger partial charge in [-0.25, -0.2) is 14.4 Å². The summed E-state index contributed by atoms with van der Waals surface area (Å²) in [5.41, 5.74) is 7.88. The van der Waals surface area contributed by atoms with Crippen LogP contribution in [0.5, 0.6) is 0 Å². The Bertz CT molecular complexity index is 693. The molecule has 0 unspecified atom stereocenters. The standard InChI is InChI=1S/C16H17FN4S/c1-10(2)7-14-13(8-18)15(19)21-16(20-14)22-9-11-3-5-12(17)6-4-11/h3-6,10H,7,9H2,1-2H3,(H2,19,20,21). The fourth-order valence-electron chi connectivity index (χ4n) is 1.95. The van der Waals surface area contributed by atoms with Crippen LogP contribution in [0.2, 0.25) is 0 Å². The van der Waals surface area contributed by atoms with Gasteiger partial charge in [0.15, 0.2) is 5.16 Å². The molecular formula is C16H17FN4S. The second-order valence-corrected chi connectivity index (χ2v) is 6.28. The van der Waals surface area contributed by atoms with Crippen molar-refractivity contribution in [3.05, 3.63) is 46.9 Å². The van der Waals surface area contributed by atoms with E-state index in [1.54, 1.807) is 12.1 Å². The minimum absolute atomic E-state index is 0.217. The van der Waals surface area contributed by atoms with E-state index in [4.69, 9.17) is 5.73 Å². The minimum atomic E-state index is -0.258. The van der Waals surface area contributed by atoms with Crippen LogP contribution in [0.25, 0.3) is 0 Å². The topological polar surface area (TPSA) is 75.6 Å². The number of nitrogen functional groups attached to an aromatic ring is 1. The second-order valence-electron chi connectivity index (χ2n) is 5.34. The number of benzene rings is 1. The van der Waals surface area contributed by atoms with Crippen molar-refractivity contribution >= 4 is 17.6 Å². The molecule has 0 aliphatic rings. The highest BCUT2D eigenvalue weighted by molar-refractivity contribution is 7.98. The first-order valence-electron chi connectivity index (χ1n) is 6.93. The van der Waals surface area contributed by atoms with Crippen LogP contribution in [0.4, 0.5) is 10.2 Å². The summed E-state index contributed by atoms with van der Waals surface area (Å²) in [6.07, 6.45) is 0.680. The number of halogens is 1. The molecule has 4 nitrogen and oxygen atoms in total. The molecule has 0 fully saturated rings. The number of hydrogen-bond donors (Lipinski definition) is 1. The number of nitrogens with zero attached hydrogens (tertiary/aromatic N) is 3. The third kappa shape index (κ3) is 4.18. The van der Waals surface area contributed by atoms with Crippen molar-refractivity contribution in [1.82, 2.24) is 9.97 Å². The Kier molecular flexibility index (Phi) is 5.34. The van der Waals surface area contributed by atoms with E-state index >= 15 is 0 Å². The van der Waals surface area contributed by atoms with Crippen LogP contribution in [0.3, 0.4) is 0 Å². The maximum atomic E-state index is 12.9. The molecule has 22 heavy (non-hydrogen) atoms. The molecule has 0 amide bonds. The molecule has 1 aromatic heterocycles. The lowest BCUT2D eigenvalue weighted by Gasteiger charge is -2.10. The Morgan fingerprint density at radius 1 is 1.27 bits per heavy atom. The van der Waals surface area contributed by atoms with Gasteiger partial charge in [0.05, 0.1) is 5.69 Å². The second kappa shape index (κ2) is 7.23. The molecule has 1 aromatic carbocycles. The first kappa shape index (κ1) is 16.2. The van der Waals surface area contributed by atoms with Gasteiger partial charge in [-0.2, -0.15) is 5.26 Å². The maximum absolute atomic E-state index is 12.9. The smallest absolute Gasteiger partial charge is 0.190 e. The van der Waals surface area contributed by atoms with E-state index in [0.717, 1.165) is 5.56 Å². The van der Waals surface area contributed by atoms with E-state index in [0.29, 0.717) is 34.5 Å². The number of aromatic nitrogens is 2. The minimum Gasteiger partial charge on any atom is -0.382 e. The lowest BCUT2D eigenvalue weighted by molar-refractivity contribution is 0.627. The quantitative estimate of drug-likeness (QED) is 0.674. The highest BCUT2D eigenvalue weighted by Crippen LogP contribution is 2.24. The van der Waals surface area contributed by atoms with E-state index in [9.17, 15) is 9.65 Å². The van der Waals surface area contributed by atoms with Gasteiger partial charge in [0.1, 0.15) is 23.3 Å². The van der Waals surface area contributed by atoms with Crippen LogP contribution >= 0.6 is 11.8 Å². The van der Waals surface area contributed by atoms with Gasteiger partial charge in [-0.15, -0.1) is 0 Å². The zero-order valence-electron chi connectivity index (χ0n) is 12.5. The third-order valence-electron chi connectivity index (χ3n) is 2.99. The van der Waals surface area contributed by atoms with Crippen LogP contribution in [0, 0.1) is 23.1 Å². The monoisotopic (exact) mass is 316 g/mol. The van der Waals surface area contributed by atoms with Crippen molar-refractivity contribution in [2.24, 2.45) is 5.92 Å². The number of hydrogen-bond acceptors (Lipinski definition) is 5. The van der Waals surface area contributed by atoms with Crippen LogP contribution in [-0.4, -0.2) is 9.97 Å². The van der Waals surface area contributed by atoms with Crippen molar-refractivity contribution in [3.8, 4) is 6.07 Å². The van der Waals surface area contributed by atoms with Crippen LogP contribution in [0.1, 0.15) is 30.7 Å². The SMILES string of the molecule is CC(C)Cc1nc(SCc2ccc(F)cc2)nc(N)c1C#N. The molecule has 0 saturated carbocycles. The largest absolute Gasteiger partial charge is 0.382 e. The molecule has 6 heteroatoms. The predicted molar refractivity (Wildman–Crippen MR) is 85.7 cm³/mol. The maximum Gasteiger partial charge on any atom is 0.190 e. The van der Waals surface area contributed by atoms with Gasteiger partial charge >= 0.3 is 0 Å². The highest BCUT2D eigenvalue weighted by Gasteiger charge is 2.14. The van der Waals surface area contributed by atoms with Crippen LogP contribution in [0.15, 0.2) is 29.4 Å². The van der Waals surface area contributed by atoms with Gasteiger partial charge in [-0.1, -0.05) is 37.7 Å². The van der Waals surface area contributed by atoms with Crippen molar-refractivity contribution in [3.63, 3.8) is 0 Å². The van der Waals surface area contributed by atoms with Crippen LogP contribution in [-0.2, 0) is 12.2 Å². The molecule has 2 rings (SSSR count). The molecule has 0 radical (unpaired) electrons. The van der Waals surface area contributed by atoms with Crippen molar-refractivity contribution in [2.45, 2.75) is 31.2 Å². The van der Waals surface area contributed by atoms with Gasteiger partial charge in [0.2, 0.25) is 0 Å². The van der Waals surface area contributed by atoms with E-state index in [2.05, 4.69) is 29.9 Å². The molecule has 0 aliphatic carbocycles. The van der Waals surface area contributed by atoms with Gasteiger partial charge in [-0.05, 0) is 30.0 Å². The molecule has 2 N–H and O–H groups in total. The molecule has 114 valence electrons.